The van der Waals surface area contributed by atoms with E-state index in [0.717, 1.165) is 0 Å². The van der Waals surface area contributed by atoms with Crippen molar-refractivity contribution in [3.63, 3.8) is 0 Å². The molecule has 2 aliphatic rings. The van der Waals surface area contributed by atoms with Gasteiger partial charge in [-0.15, -0.1) is 8.78 Å². The highest BCUT2D eigenvalue weighted by molar-refractivity contribution is 5.78. The number of hydrogen-bond acceptors (Lipinski definition) is 3. The molecule has 0 aromatic rings. The van der Waals surface area contributed by atoms with Gasteiger partial charge in [-0.1, -0.05) is 12.2 Å². The highest BCUT2D eigenvalue weighted by Crippen LogP contribution is 2.34. The van der Waals surface area contributed by atoms with Gasteiger partial charge in [-0.25, -0.2) is 0 Å². The predicted molar refractivity (Wildman–Crippen MR) is 38.0 cm³/mol. The summed E-state index contributed by atoms with van der Waals surface area (Å²) >= 11 is 0. The van der Waals surface area contributed by atoms with Gasteiger partial charge < -0.3 is 0 Å². The third kappa shape index (κ3) is 1.52. The first-order valence-electron chi connectivity index (χ1n) is 3.69. The topological polar surface area (TPSA) is 35.5 Å². The number of carbonyl (C=O) groups excluding carboxylic acids is 1. The maximum atomic E-state index is 12.5. The van der Waals surface area contributed by atoms with Gasteiger partial charge in [-0.05, 0) is 6.08 Å². The molecule has 0 saturated carbocycles. The fourth-order valence-electron chi connectivity index (χ4n) is 1.29. The summed E-state index contributed by atoms with van der Waals surface area (Å²) in [4.78, 5) is 10.3. The van der Waals surface area contributed by atoms with Crippen LogP contribution in [0.3, 0.4) is 0 Å². The van der Waals surface area contributed by atoms with Crippen LogP contribution in [0.2, 0.25) is 0 Å². The first-order chi connectivity index (χ1) is 6.11. The quantitative estimate of drug-likeness (QED) is 0.576. The van der Waals surface area contributed by atoms with Gasteiger partial charge in [0, 0.05) is 5.57 Å². The molecule has 70 valence electrons. The number of carbonyl (C=O) groups is 1. The minimum atomic E-state index is -3.55. The summed E-state index contributed by atoms with van der Waals surface area (Å²) in [5, 5.41) is 0. The minimum Gasteiger partial charge on any atom is -0.298 e. The van der Waals surface area contributed by atoms with Gasteiger partial charge in [0.2, 0.25) is 0 Å². The molecule has 1 heterocycles. The van der Waals surface area contributed by atoms with E-state index in [4.69, 9.17) is 0 Å². The molecule has 3 nitrogen and oxygen atoms in total. The average molecular weight is 188 g/mol. The summed E-state index contributed by atoms with van der Waals surface area (Å²) in [6, 6.07) is 0. The maximum Gasteiger partial charge on any atom is 0.486 e. The molecule has 0 bridgehead atoms. The standard InChI is InChI=1S/C8H6F2O3/c9-8(10)12-6-2-1-5(4-11)3-7(6)13-8/h1-4,6-7H. The van der Waals surface area contributed by atoms with E-state index in [9.17, 15) is 13.6 Å². The molecule has 0 spiro atoms. The number of alkyl halides is 2. The van der Waals surface area contributed by atoms with Crippen LogP contribution in [0.4, 0.5) is 8.78 Å². The van der Waals surface area contributed by atoms with Crippen LogP contribution in [-0.2, 0) is 14.3 Å². The van der Waals surface area contributed by atoms with Crippen LogP contribution in [0, 0.1) is 0 Å². The lowest BCUT2D eigenvalue weighted by Crippen LogP contribution is -2.20. The van der Waals surface area contributed by atoms with E-state index in [2.05, 4.69) is 9.47 Å². The molecule has 1 saturated heterocycles. The van der Waals surface area contributed by atoms with E-state index < -0.39 is 18.5 Å². The molecule has 0 amide bonds. The van der Waals surface area contributed by atoms with Crippen molar-refractivity contribution in [2.24, 2.45) is 0 Å². The van der Waals surface area contributed by atoms with E-state index in [-0.39, 0.29) is 0 Å². The summed E-state index contributed by atoms with van der Waals surface area (Å²) < 4.78 is 33.4. The fourth-order valence-corrected chi connectivity index (χ4v) is 1.29. The Bertz CT molecular complexity index is 296. The predicted octanol–water partition coefficient (Wildman–Crippen LogP) is 1.02. The minimum absolute atomic E-state index is 0.322. The van der Waals surface area contributed by atoms with Crippen LogP contribution in [0.1, 0.15) is 0 Å². The molecule has 0 N–H and O–H groups in total. The molecule has 2 unspecified atom stereocenters. The molecule has 1 aliphatic heterocycles. The summed E-state index contributed by atoms with van der Waals surface area (Å²) in [7, 11) is 0. The van der Waals surface area contributed by atoms with E-state index in [1.807, 2.05) is 0 Å². The Morgan fingerprint density at radius 2 is 2.08 bits per heavy atom. The van der Waals surface area contributed by atoms with Crippen molar-refractivity contribution in [3.05, 3.63) is 23.8 Å². The summed E-state index contributed by atoms with van der Waals surface area (Å²) in [5.74, 6) is 0. The molecule has 1 fully saturated rings. The van der Waals surface area contributed by atoms with Crippen molar-refractivity contribution >= 4 is 6.29 Å². The normalized spacial score (nSPS) is 35.4. The Labute approximate surface area is 72.6 Å². The van der Waals surface area contributed by atoms with Gasteiger partial charge in [-0.2, -0.15) is 0 Å². The van der Waals surface area contributed by atoms with Crippen LogP contribution in [0.15, 0.2) is 23.8 Å². The van der Waals surface area contributed by atoms with Crippen molar-refractivity contribution in [1.29, 1.82) is 0 Å². The fraction of sp³-hybridized carbons (Fsp3) is 0.375. The molecule has 1 aliphatic carbocycles. The second-order valence-corrected chi connectivity index (χ2v) is 2.77. The second-order valence-electron chi connectivity index (χ2n) is 2.77. The highest BCUT2D eigenvalue weighted by Gasteiger charge is 2.48. The van der Waals surface area contributed by atoms with Crippen molar-refractivity contribution < 1.29 is 23.0 Å². The Kier molecular flexibility index (Phi) is 1.78. The molecule has 0 aromatic heterocycles. The Balaban J connectivity index is 2.21. The van der Waals surface area contributed by atoms with Gasteiger partial charge in [0.1, 0.15) is 18.5 Å². The second kappa shape index (κ2) is 2.71. The van der Waals surface area contributed by atoms with Crippen molar-refractivity contribution in [2.45, 2.75) is 18.5 Å². The zero-order valence-electron chi connectivity index (χ0n) is 6.44. The largest absolute Gasteiger partial charge is 0.486 e. The number of hydrogen-bond donors (Lipinski definition) is 0. The maximum absolute atomic E-state index is 12.5. The highest BCUT2D eigenvalue weighted by atomic mass is 19.3. The molecule has 13 heavy (non-hydrogen) atoms. The smallest absolute Gasteiger partial charge is 0.298 e. The molecule has 5 heteroatoms. The first kappa shape index (κ1) is 8.52. The van der Waals surface area contributed by atoms with Crippen LogP contribution in [0.25, 0.3) is 0 Å². The lowest BCUT2D eigenvalue weighted by atomic mass is 10.0. The summed E-state index contributed by atoms with van der Waals surface area (Å²) in [6.45, 7) is 0. The zero-order valence-corrected chi connectivity index (χ0v) is 6.44. The number of rotatable bonds is 1. The van der Waals surface area contributed by atoms with E-state index >= 15 is 0 Å². The SMILES string of the molecule is O=CC1=CC2OC(F)(F)OC2C=C1. The molecule has 0 radical (unpaired) electrons. The van der Waals surface area contributed by atoms with Crippen LogP contribution in [0.5, 0.6) is 0 Å². The number of aldehydes is 1. The average Bonchev–Trinajstić information content (AvgIpc) is 2.36. The summed E-state index contributed by atoms with van der Waals surface area (Å²) in [6.07, 6.45) is -0.493. The first-order valence-corrected chi connectivity index (χ1v) is 3.69. The number of ether oxygens (including phenoxy) is 2. The van der Waals surface area contributed by atoms with E-state index in [1.165, 1.54) is 18.2 Å². The number of halogens is 2. The van der Waals surface area contributed by atoms with Crippen molar-refractivity contribution in [2.75, 3.05) is 0 Å². The Hall–Kier alpha value is -1.07. The molecule has 0 aromatic carbocycles. The lowest BCUT2D eigenvalue weighted by molar-refractivity contribution is -0.347. The molecule has 2 rings (SSSR count). The zero-order chi connectivity index (χ0) is 9.47. The van der Waals surface area contributed by atoms with Gasteiger partial charge in [-0.3, -0.25) is 14.3 Å². The van der Waals surface area contributed by atoms with Crippen LogP contribution in [-0.4, -0.2) is 24.8 Å². The summed E-state index contributed by atoms with van der Waals surface area (Å²) in [5.41, 5.74) is 0.322. The van der Waals surface area contributed by atoms with Crippen LogP contribution < -0.4 is 0 Å². The van der Waals surface area contributed by atoms with Gasteiger partial charge in [0.05, 0.1) is 0 Å². The Morgan fingerprint density at radius 3 is 2.77 bits per heavy atom. The Morgan fingerprint density at radius 1 is 1.38 bits per heavy atom. The molecule has 2 atom stereocenters. The van der Waals surface area contributed by atoms with Crippen molar-refractivity contribution in [1.82, 2.24) is 0 Å². The third-order valence-electron chi connectivity index (χ3n) is 1.84. The third-order valence-corrected chi connectivity index (χ3v) is 1.84. The van der Waals surface area contributed by atoms with Crippen LogP contribution >= 0.6 is 0 Å². The van der Waals surface area contributed by atoms with Gasteiger partial charge in [0.25, 0.3) is 0 Å². The lowest BCUT2D eigenvalue weighted by Gasteiger charge is -2.11. The molecular formula is C8H6F2O3. The van der Waals surface area contributed by atoms with Gasteiger partial charge in [0.15, 0.2) is 0 Å². The number of fused-ring (bicyclic) bond motifs is 1. The van der Waals surface area contributed by atoms with Crippen molar-refractivity contribution in [3.8, 4) is 0 Å². The monoisotopic (exact) mass is 188 g/mol. The van der Waals surface area contributed by atoms with Gasteiger partial charge >= 0.3 is 6.29 Å². The number of allylic oxidation sites excluding steroid dienone is 2. The van der Waals surface area contributed by atoms with E-state index in [0.29, 0.717) is 11.9 Å². The van der Waals surface area contributed by atoms with E-state index in [1.54, 1.807) is 0 Å². The molecular weight excluding hydrogens is 182 g/mol.